The molecule has 1 amide bonds. The van der Waals surface area contributed by atoms with Gasteiger partial charge >= 0.3 is 6.18 Å². The highest BCUT2D eigenvalue weighted by Gasteiger charge is 2.34. The van der Waals surface area contributed by atoms with E-state index in [1.165, 1.54) is 4.90 Å². The number of piperazine rings is 1. The molecular formula is C13H15F4N3O. The molecule has 1 aliphatic rings. The van der Waals surface area contributed by atoms with E-state index in [1.54, 1.807) is 0 Å². The van der Waals surface area contributed by atoms with Crippen molar-refractivity contribution < 1.29 is 22.4 Å². The Bertz CT molecular complexity index is 533. The molecule has 0 spiro atoms. The predicted molar refractivity (Wildman–Crippen MR) is 68.2 cm³/mol. The van der Waals surface area contributed by atoms with E-state index in [1.807, 2.05) is 0 Å². The summed E-state index contributed by atoms with van der Waals surface area (Å²) in [6.45, 7) is 1.35. The molecule has 1 unspecified atom stereocenters. The smallest absolute Gasteiger partial charge is 0.332 e. The number of alkyl halides is 3. The van der Waals surface area contributed by atoms with E-state index < -0.39 is 29.0 Å². The Morgan fingerprint density at radius 3 is 2.76 bits per heavy atom. The first-order chi connectivity index (χ1) is 9.84. The molecule has 3 N–H and O–H groups in total. The molecule has 0 saturated carbocycles. The third-order valence-corrected chi connectivity index (χ3v) is 3.41. The summed E-state index contributed by atoms with van der Waals surface area (Å²) in [7, 11) is 0. The highest BCUT2D eigenvalue weighted by Crippen LogP contribution is 2.30. The number of carbonyl (C=O) groups is 1. The number of hydrogen-bond donors (Lipinski definition) is 2. The van der Waals surface area contributed by atoms with Crippen LogP contribution in [0, 0.1) is 5.82 Å². The van der Waals surface area contributed by atoms with Crippen molar-refractivity contribution in [3.8, 4) is 0 Å². The van der Waals surface area contributed by atoms with Gasteiger partial charge in [0.15, 0.2) is 0 Å². The summed E-state index contributed by atoms with van der Waals surface area (Å²) < 4.78 is 51.7. The van der Waals surface area contributed by atoms with Crippen LogP contribution in [0.3, 0.4) is 0 Å². The maximum absolute atomic E-state index is 13.7. The van der Waals surface area contributed by atoms with E-state index in [-0.39, 0.29) is 19.1 Å². The molecule has 1 saturated heterocycles. The Morgan fingerprint density at radius 1 is 1.43 bits per heavy atom. The van der Waals surface area contributed by atoms with Crippen molar-refractivity contribution in [2.45, 2.75) is 12.2 Å². The van der Waals surface area contributed by atoms with Crippen LogP contribution in [0.25, 0.3) is 0 Å². The standard InChI is InChI=1S/C13H15F4N3O/c14-11-2-1-8(13(15,16)17)5-10(11)12(21)20-4-3-19-7-9(20)6-18/h1-2,5,9,19H,3-4,6-7,18H2. The van der Waals surface area contributed by atoms with E-state index in [4.69, 9.17) is 5.73 Å². The summed E-state index contributed by atoms with van der Waals surface area (Å²) in [5, 5.41) is 3.02. The topological polar surface area (TPSA) is 58.4 Å². The summed E-state index contributed by atoms with van der Waals surface area (Å²) in [4.78, 5) is 13.6. The molecular weight excluding hydrogens is 290 g/mol. The zero-order valence-corrected chi connectivity index (χ0v) is 11.1. The van der Waals surface area contributed by atoms with E-state index in [2.05, 4.69) is 5.32 Å². The van der Waals surface area contributed by atoms with Gasteiger partial charge in [-0.1, -0.05) is 0 Å². The fourth-order valence-corrected chi connectivity index (χ4v) is 2.26. The summed E-state index contributed by atoms with van der Waals surface area (Å²) in [6, 6.07) is 1.47. The molecule has 0 bridgehead atoms. The second kappa shape index (κ2) is 5.98. The molecule has 0 aliphatic carbocycles. The molecule has 8 heteroatoms. The summed E-state index contributed by atoms with van der Waals surface area (Å²) >= 11 is 0. The van der Waals surface area contributed by atoms with Crippen LogP contribution in [0.4, 0.5) is 17.6 Å². The minimum atomic E-state index is -4.63. The maximum Gasteiger partial charge on any atom is 0.416 e. The molecule has 2 rings (SSSR count). The third kappa shape index (κ3) is 3.33. The Kier molecular flexibility index (Phi) is 4.48. The van der Waals surface area contributed by atoms with Gasteiger partial charge in [-0.05, 0) is 18.2 Å². The molecule has 1 fully saturated rings. The van der Waals surface area contributed by atoms with Crippen molar-refractivity contribution in [3.63, 3.8) is 0 Å². The number of nitrogens with two attached hydrogens (primary N) is 1. The molecule has 1 heterocycles. The van der Waals surface area contributed by atoms with Gasteiger partial charge in [0.2, 0.25) is 0 Å². The first-order valence-corrected chi connectivity index (χ1v) is 6.43. The monoisotopic (exact) mass is 305 g/mol. The number of nitrogens with one attached hydrogen (secondary N) is 1. The zero-order valence-electron chi connectivity index (χ0n) is 11.1. The van der Waals surface area contributed by atoms with Gasteiger partial charge in [0.05, 0.1) is 17.2 Å². The number of halogens is 4. The lowest BCUT2D eigenvalue weighted by atomic mass is 10.1. The Balaban J connectivity index is 2.33. The van der Waals surface area contributed by atoms with E-state index >= 15 is 0 Å². The zero-order chi connectivity index (χ0) is 15.6. The van der Waals surface area contributed by atoms with Gasteiger partial charge in [-0.25, -0.2) is 4.39 Å². The molecule has 116 valence electrons. The molecule has 1 aromatic rings. The lowest BCUT2D eigenvalue weighted by Crippen LogP contribution is -2.56. The highest BCUT2D eigenvalue weighted by atomic mass is 19.4. The van der Waals surface area contributed by atoms with Crippen LogP contribution in [0.15, 0.2) is 18.2 Å². The molecule has 0 radical (unpaired) electrons. The number of nitrogens with zero attached hydrogens (tertiary/aromatic N) is 1. The number of benzene rings is 1. The van der Waals surface area contributed by atoms with E-state index in [9.17, 15) is 22.4 Å². The van der Waals surface area contributed by atoms with E-state index in [0.29, 0.717) is 31.3 Å². The SMILES string of the molecule is NCC1CNCCN1C(=O)c1cc(C(F)(F)F)ccc1F. The van der Waals surface area contributed by atoms with Gasteiger partial charge in [0, 0.05) is 26.2 Å². The minimum absolute atomic E-state index is 0.152. The van der Waals surface area contributed by atoms with Crippen molar-refractivity contribution in [2.75, 3.05) is 26.2 Å². The van der Waals surface area contributed by atoms with Gasteiger partial charge in [-0.15, -0.1) is 0 Å². The molecule has 1 aliphatic heterocycles. The van der Waals surface area contributed by atoms with Crippen LogP contribution in [-0.4, -0.2) is 43.0 Å². The second-order valence-corrected chi connectivity index (χ2v) is 4.78. The molecule has 0 aromatic heterocycles. The molecule has 21 heavy (non-hydrogen) atoms. The summed E-state index contributed by atoms with van der Waals surface area (Å²) in [5.74, 6) is -1.74. The van der Waals surface area contributed by atoms with Gasteiger partial charge in [-0.3, -0.25) is 4.79 Å². The van der Waals surface area contributed by atoms with Crippen LogP contribution in [0.2, 0.25) is 0 Å². The largest absolute Gasteiger partial charge is 0.416 e. The lowest BCUT2D eigenvalue weighted by molar-refractivity contribution is -0.137. The molecule has 4 nitrogen and oxygen atoms in total. The number of hydrogen-bond acceptors (Lipinski definition) is 3. The van der Waals surface area contributed by atoms with Gasteiger partial charge in [0.1, 0.15) is 5.82 Å². The van der Waals surface area contributed by atoms with Crippen LogP contribution in [0.5, 0.6) is 0 Å². The van der Waals surface area contributed by atoms with Crippen LogP contribution in [0.1, 0.15) is 15.9 Å². The van der Waals surface area contributed by atoms with Gasteiger partial charge in [0.25, 0.3) is 5.91 Å². The number of amides is 1. The van der Waals surface area contributed by atoms with Crippen LogP contribution in [-0.2, 0) is 6.18 Å². The Labute approximate surface area is 118 Å². The van der Waals surface area contributed by atoms with Gasteiger partial charge in [-0.2, -0.15) is 13.2 Å². The third-order valence-electron chi connectivity index (χ3n) is 3.41. The Morgan fingerprint density at radius 2 is 2.14 bits per heavy atom. The lowest BCUT2D eigenvalue weighted by Gasteiger charge is -2.35. The Hall–Kier alpha value is -1.67. The first kappa shape index (κ1) is 15.7. The van der Waals surface area contributed by atoms with Crippen molar-refractivity contribution >= 4 is 5.91 Å². The molecule has 1 atom stereocenters. The number of rotatable bonds is 2. The maximum atomic E-state index is 13.7. The van der Waals surface area contributed by atoms with Crippen molar-refractivity contribution in [1.82, 2.24) is 10.2 Å². The summed E-state index contributed by atoms with van der Waals surface area (Å²) in [5.41, 5.74) is 3.91. The van der Waals surface area contributed by atoms with Crippen molar-refractivity contribution in [1.29, 1.82) is 0 Å². The second-order valence-electron chi connectivity index (χ2n) is 4.78. The fraction of sp³-hybridized carbons (Fsp3) is 0.462. The van der Waals surface area contributed by atoms with Crippen molar-refractivity contribution in [2.24, 2.45) is 5.73 Å². The van der Waals surface area contributed by atoms with Crippen LogP contribution < -0.4 is 11.1 Å². The fourth-order valence-electron chi connectivity index (χ4n) is 2.26. The molecule has 1 aromatic carbocycles. The average Bonchev–Trinajstić information content (AvgIpc) is 2.45. The van der Waals surface area contributed by atoms with E-state index in [0.717, 1.165) is 0 Å². The normalized spacial score (nSPS) is 19.7. The van der Waals surface area contributed by atoms with Crippen LogP contribution >= 0.6 is 0 Å². The van der Waals surface area contributed by atoms with Gasteiger partial charge < -0.3 is 16.0 Å². The number of carbonyl (C=O) groups excluding carboxylic acids is 1. The minimum Gasteiger partial charge on any atom is -0.332 e. The quantitative estimate of drug-likeness (QED) is 0.808. The first-order valence-electron chi connectivity index (χ1n) is 6.43. The summed E-state index contributed by atoms with van der Waals surface area (Å²) in [6.07, 6.45) is -4.63. The highest BCUT2D eigenvalue weighted by molar-refractivity contribution is 5.95. The average molecular weight is 305 g/mol. The predicted octanol–water partition coefficient (Wildman–Crippen LogP) is 1.22. The van der Waals surface area contributed by atoms with Crippen molar-refractivity contribution in [3.05, 3.63) is 35.1 Å².